The molecule has 2 aromatic rings. The monoisotopic (exact) mass is 272 g/mol. The zero-order chi connectivity index (χ0) is 13.5. The fourth-order valence-corrected chi connectivity index (χ4v) is 2.33. The highest BCUT2D eigenvalue weighted by atomic mass is 32.1. The van der Waals surface area contributed by atoms with Crippen molar-refractivity contribution in [3.63, 3.8) is 0 Å². The van der Waals surface area contributed by atoms with Gasteiger partial charge in [-0.2, -0.15) is 5.10 Å². The van der Waals surface area contributed by atoms with Gasteiger partial charge in [0.1, 0.15) is 0 Å². The molecule has 0 saturated carbocycles. The van der Waals surface area contributed by atoms with Crippen LogP contribution in [0.15, 0.2) is 46.9 Å². The Morgan fingerprint density at radius 2 is 2.11 bits per heavy atom. The van der Waals surface area contributed by atoms with Crippen molar-refractivity contribution in [3.05, 3.63) is 57.8 Å². The molecule has 0 bridgehead atoms. The number of thiophene rings is 1. The summed E-state index contributed by atoms with van der Waals surface area (Å²) in [5, 5.41) is 5.92. The van der Waals surface area contributed by atoms with Crippen LogP contribution >= 0.6 is 11.3 Å². The minimum Gasteiger partial charge on any atom is -0.273 e. The third-order valence-electron chi connectivity index (χ3n) is 2.71. The van der Waals surface area contributed by atoms with Crippen molar-refractivity contribution in [2.45, 2.75) is 19.8 Å². The molecule has 98 valence electrons. The quantitative estimate of drug-likeness (QED) is 0.660. The Balaban J connectivity index is 1.83. The minimum atomic E-state index is -0.0936. The van der Waals surface area contributed by atoms with Crippen LogP contribution < -0.4 is 5.43 Å². The molecule has 0 radical (unpaired) electrons. The lowest BCUT2D eigenvalue weighted by molar-refractivity contribution is -0.120. The molecule has 1 N–H and O–H groups in total. The van der Waals surface area contributed by atoms with Gasteiger partial charge in [-0.1, -0.05) is 37.3 Å². The molecule has 0 spiro atoms. The molecular weight excluding hydrogens is 256 g/mol. The molecule has 1 amide bonds. The van der Waals surface area contributed by atoms with E-state index in [0.29, 0.717) is 6.42 Å². The van der Waals surface area contributed by atoms with E-state index in [0.717, 1.165) is 16.9 Å². The highest BCUT2D eigenvalue weighted by Crippen LogP contribution is 2.08. The Bertz CT molecular complexity index is 544. The van der Waals surface area contributed by atoms with Gasteiger partial charge in [0, 0.05) is 4.88 Å². The van der Waals surface area contributed by atoms with E-state index in [1.165, 1.54) is 5.56 Å². The molecule has 4 heteroatoms. The normalized spacial score (nSPS) is 10.8. The van der Waals surface area contributed by atoms with E-state index >= 15 is 0 Å². The van der Waals surface area contributed by atoms with Gasteiger partial charge >= 0.3 is 0 Å². The number of carbonyl (C=O) groups is 1. The van der Waals surface area contributed by atoms with Crippen molar-refractivity contribution in [3.8, 4) is 0 Å². The van der Waals surface area contributed by atoms with Crippen LogP contribution in [-0.4, -0.2) is 12.1 Å². The predicted molar refractivity (Wildman–Crippen MR) is 79.6 cm³/mol. The fourth-order valence-electron chi connectivity index (χ4n) is 1.63. The summed E-state index contributed by atoms with van der Waals surface area (Å²) in [6, 6.07) is 12.0. The highest BCUT2D eigenvalue weighted by molar-refractivity contribution is 7.10. The van der Waals surface area contributed by atoms with Gasteiger partial charge in [-0.15, -0.1) is 11.3 Å². The number of nitrogens with zero attached hydrogens (tertiary/aromatic N) is 1. The van der Waals surface area contributed by atoms with Crippen molar-refractivity contribution in [1.29, 1.82) is 0 Å². The molecule has 1 aromatic carbocycles. The molecular formula is C15H16N2OS. The van der Waals surface area contributed by atoms with E-state index < -0.39 is 0 Å². The second kappa shape index (κ2) is 6.85. The number of benzene rings is 1. The van der Waals surface area contributed by atoms with Crippen LogP contribution in [0.4, 0.5) is 0 Å². The van der Waals surface area contributed by atoms with Gasteiger partial charge in [-0.3, -0.25) is 4.79 Å². The topological polar surface area (TPSA) is 41.5 Å². The van der Waals surface area contributed by atoms with Crippen LogP contribution in [-0.2, 0) is 17.6 Å². The molecule has 0 aliphatic carbocycles. The number of nitrogens with one attached hydrogen (secondary N) is 1. The van der Waals surface area contributed by atoms with Gasteiger partial charge < -0.3 is 0 Å². The van der Waals surface area contributed by atoms with Crippen molar-refractivity contribution in [2.24, 2.45) is 5.10 Å². The van der Waals surface area contributed by atoms with Crippen LogP contribution in [0.2, 0.25) is 0 Å². The molecule has 0 fully saturated rings. The molecule has 3 nitrogen and oxygen atoms in total. The van der Waals surface area contributed by atoms with Crippen LogP contribution in [0.25, 0.3) is 0 Å². The summed E-state index contributed by atoms with van der Waals surface area (Å²) in [5.41, 5.74) is 4.81. The number of rotatable bonds is 5. The molecule has 0 atom stereocenters. The Labute approximate surface area is 117 Å². The molecule has 19 heavy (non-hydrogen) atoms. The minimum absolute atomic E-state index is 0.0936. The van der Waals surface area contributed by atoms with Gasteiger partial charge in [0.05, 0.1) is 12.6 Å². The number of hydrazone groups is 1. The molecule has 0 unspecified atom stereocenters. The molecule has 2 rings (SSSR count). The van der Waals surface area contributed by atoms with E-state index in [-0.39, 0.29) is 5.91 Å². The second-order valence-electron chi connectivity index (χ2n) is 4.14. The van der Waals surface area contributed by atoms with Crippen LogP contribution in [0.3, 0.4) is 0 Å². The second-order valence-corrected chi connectivity index (χ2v) is 5.18. The zero-order valence-corrected chi connectivity index (χ0v) is 11.6. The number of aryl methyl sites for hydroxylation is 1. The zero-order valence-electron chi connectivity index (χ0n) is 10.8. The Hall–Kier alpha value is -1.94. The maximum Gasteiger partial charge on any atom is 0.245 e. The molecule has 0 aliphatic rings. The number of hydrogen-bond donors (Lipinski definition) is 1. The fraction of sp³-hybridized carbons (Fsp3) is 0.200. The van der Waals surface area contributed by atoms with Crippen molar-refractivity contribution >= 4 is 23.5 Å². The standard InChI is InChI=1S/C15H16N2OS/c1-2-12-5-7-13(8-6-12)11-16-17-15(18)10-14-4-3-9-19-14/h3-9,11H,2,10H2,1H3,(H,17,18). The Kier molecular flexibility index (Phi) is 4.86. The first-order chi connectivity index (χ1) is 9.28. The summed E-state index contributed by atoms with van der Waals surface area (Å²) in [5.74, 6) is -0.0936. The lowest BCUT2D eigenvalue weighted by atomic mass is 10.1. The highest BCUT2D eigenvalue weighted by Gasteiger charge is 2.01. The summed E-state index contributed by atoms with van der Waals surface area (Å²) in [6.45, 7) is 2.12. The summed E-state index contributed by atoms with van der Waals surface area (Å²) >= 11 is 1.57. The van der Waals surface area contributed by atoms with Gasteiger partial charge in [0.25, 0.3) is 0 Å². The summed E-state index contributed by atoms with van der Waals surface area (Å²) in [7, 11) is 0. The molecule has 0 aliphatic heterocycles. The van der Waals surface area contributed by atoms with Gasteiger partial charge in [-0.25, -0.2) is 5.43 Å². The van der Waals surface area contributed by atoms with Crippen LogP contribution in [0.1, 0.15) is 22.9 Å². The SMILES string of the molecule is CCc1ccc(C=NNC(=O)Cc2cccs2)cc1. The lowest BCUT2D eigenvalue weighted by Crippen LogP contribution is -2.19. The Morgan fingerprint density at radius 1 is 1.32 bits per heavy atom. The first-order valence-electron chi connectivity index (χ1n) is 6.21. The predicted octanol–water partition coefficient (Wildman–Crippen LogP) is 3.00. The molecule has 0 saturated heterocycles. The summed E-state index contributed by atoms with van der Waals surface area (Å²) in [6.07, 6.45) is 3.06. The van der Waals surface area contributed by atoms with Gasteiger partial charge in [0.15, 0.2) is 0 Å². The van der Waals surface area contributed by atoms with E-state index in [4.69, 9.17) is 0 Å². The number of amides is 1. The van der Waals surface area contributed by atoms with E-state index in [1.807, 2.05) is 29.6 Å². The van der Waals surface area contributed by atoms with Crippen molar-refractivity contribution in [1.82, 2.24) is 5.43 Å². The smallest absolute Gasteiger partial charge is 0.245 e. The number of hydrogen-bond acceptors (Lipinski definition) is 3. The average Bonchev–Trinajstić information content (AvgIpc) is 2.92. The summed E-state index contributed by atoms with van der Waals surface area (Å²) < 4.78 is 0. The van der Waals surface area contributed by atoms with Crippen molar-refractivity contribution in [2.75, 3.05) is 0 Å². The number of carbonyl (C=O) groups excluding carboxylic acids is 1. The average molecular weight is 272 g/mol. The maximum absolute atomic E-state index is 11.6. The third kappa shape index (κ3) is 4.34. The van der Waals surface area contributed by atoms with Gasteiger partial charge in [-0.05, 0) is 29.0 Å². The molecule has 1 heterocycles. The summed E-state index contributed by atoms with van der Waals surface area (Å²) in [4.78, 5) is 12.6. The van der Waals surface area contributed by atoms with E-state index in [2.05, 4.69) is 29.6 Å². The van der Waals surface area contributed by atoms with Crippen molar-refractivity contribution < 1.29 is 4.79 Å². The first-order valence-corrected chi connectivity index (χ1v) is 7.09. The van der Waals surface area contributed by atoms with Crippen LogP contribution in [0.5, 0.6) is 0 Å². The van der Waals surface area contributed by atoms with E-state index in [9.17, 15) is 4.79 Å². The molecule has 1 aromatic heterocycles. The largest absolute Gasteiger partial charge is 0.273 e. The van der Waals surface area contributed by atoms with E-state index in [1.54, 1.807) is 17.6 Å². The first kappa shape index (κ1) is 13.5. The third-order valence-corrected chi connectivity index (χ3v) is 3.58. The van der Waals surface area contributed by atoms with Gasteiger partial charge in [0.2, 0.25) is 5.91 Å². The lowest BCUT2D eigenvalue weighted by Gasteiger charge is -1.98. The van der Waals surface area contributed by atoms with Crippen LogP contribution in [0, 0.1) is 0 Å². The Morgan fingerprint density at radius 3 is 2.74 bits per heavy atom. The maximum atomic E-state index is 11.6.